The van der Waals surface area contributed by atoms with Gasteiger partial charge < -0.3 is 10.6 Å². The molecule has 2 aliphatic rings. The van der Waals surface area contributed by atoms with E-state index in [9.17, 15) is 4.79 Å². The van der Waals surface area contributed by atoms with Crippen LogP contribution in [-0.2, 0) is 4.79 Å². The number of nitrogens with zero attached hydrogens (tertiary/aromatic N) is 2. The monoisotopic (exact) mass is 233 g/mol. The fourth-order valence-electron chi connectivity index (χ4n) is 2.27. The molecule has 1 amide bonds. The number of carbonyl (C=O) groups excluding carboxylic acids is 1. The van der Waals surface area contributed by atoms with Crippen molar-refractivity contribution in [2.24, 2.45) is 5.73 Å². The lowest BCUT2D eigenvalue weighted by molar-refractivity contribution is -0.127. The number of rotatable bonds is 3. The first kappa shape index (κ1) is 12.7. The highest BCUT2D eigenvalue weighted by Gasteiger charge is 2.23. The first-order valence-corrected chi connectivity index (χ1v) is 5.51. The maximum atomic E-state index is 11.3. The number of likely N-dealkylation sites (tertiary alicyclic amines) is 2. The van der Waals surface area contributed by atoms with E-state index in [1.165, 1.54) is 0 Å². The highest BCUT2D eigenvalue weighted by Crippen LogP contribution is 2.11. The first-order chi connectivity index (χ1) is 6.75. The fraction of sp³-hybridized carbons (Fsp3) is 0.900. The summed E-state index contributed by atoms with van der Waals surface area (Å²) in [6.07, 6.45) is 2.89. The van der Waals surface area contributed by atoms with Gasteiger partial charge >= 0.3 is 0 Å². The van der Waals surface area contributed by atoms with Crippen molar-refractivity contribution < 1.29 is 4.79 Å². The maximum absolute atomic E-state index is 11.3. The van der Waals surface area contributed by atoms with Crippen LogP contribution in [0.1, 0.15) is 19.3 Å². The summed E-state index contributed by atoms with van der Waals surface area (Å²) in [4.78, 5) is 15.7. The minimum absolute atomic E-state index is 0. The summed E-state index contributed by atoms with van der Waals surface area (Å²) in [5, 5.41) is 0. The normalized spacial score (nSPS) is 27.1. The van der Waals surface area contributed by atoms with Gasteiger partial charge in [0.05, 0.1) is 0 Å². The number of hydrogen-bond donors (Lipinski definition) is 1. The van der Waals surface area contributed by atoms with E-state index in [1.807, 2.05) is 4.90 Å². The maximum Gasteiger partial charge on any atom is 0.222 e. The van der Waals surface area contributed by atoms with Crippen molar-refractivity contribution in [2.75, 3.05) is 32.7 Å². The van der Waals surface area contributed by atoms with Gasteiger partial charge in [-0.05, 0) is 19.4 Å². The second-order valence-corrected chi connectivity index (χ2v) is 4.33. The van der Waals surface area contributed by atoms with Gasteiger partial charge in [0.1, 0.15) is 0 Å². The Labute approximate surface area is 97.2 Å². The zero-order chi connectivity index (χ0) is 9.97. The van der Waals surface area contributed by atoms with Crippen LogP contribution in [0.4, 0.5) is 0 Å². The fourth-order valence-corrected chi connectivity index (χ4v) is 2.27. The third-order valence-corrected chi connectivity index (χ3v) is 3.17. The van der Waals surface area contributed by atoms with Crippen LogP contribution in [0.15, 0.2) is 0 Å². The Morgan fingerprint density at radius 1 is 1.33 bits per heavy atom. The average molecular weight is 234 g/mol. The third-order valence-electron chi connectivity index (χ3n) is 3.17. The van der Waals surface area contributed by atoms with Crippen LogP contribution in [0.5, 0.6) is 0 Å². The van der Waals surface area contributed by atoms with Crippen molar-refractivity contribution >= 4 is 18.3 Å². The van der Waals surface area contributed by atoms with Crippen LogP contribution in [0.25, 0.3) is 0 Å². The van der Waals surface area contributed by atoms with Crippen molar-refractivity contribution in [2.45, 2.75) is 25.3 Å². The largest absolute Gasteiger partial charge is 0.341 e. The minimum Gasteiger partial charge on any atom is -0.341 e. The Bertz CT molecular complexity index is 225. The molecule has 2 heterocycles. The Kier molecular flexibility index (Phi) is 4.83. The average Bonchev–Trinajstić information content (AvgIpc) is 2.72. The van der Waals surface area contributed by atoms with E-state index in [0.29, 0.717) is 11.9 Å². The van der Waals surface area contributed by atoms with Crippen molar-refractivity contribution in [1.82, 2.24) is 9.80 Å². The van der Waals surface area contributed by atoms with E-state index < -0.39 is 0 Å². The van der Waals surface area contributed by atoms with E-state index in [-0.39, 0.29) is 12.4 Å². The molecule has 0 radical (unpaired) electrons. The smallest absolute Gasteiger partial charge is 0.222 e. The van der Waals surface area contributed by atoms with Crippen molar-refractivity contribution in [3.63, 3.8) is 0 Å². The quantitative estimate of drug-likeness (QED) is 0.750. The van der Waals surface area contributed by atoms with Gasteiger partial charge in [0.2, 0.25) is 5.91 Å². The Hall–Kier alpha value is -0.320. The van der Waals surface area contributed by atoms with Gasteiger partial charge in [-0.1, -0.05) is 0 Å². The molecule has 0 aromatic carbocycles. The molecular formula is C10H20ClN3O. The number of carbonyl (C=O) groups is 1. The molecular weight excluding hydrogens is 214 g/mol. The summed E-state index contributed by atoms with van der Waals surface area (Å²) >= 11 is 0. The first-order valence-electron chi connectivity index (χ1n) is 5.51. The van der Waals surface area contributed by atoms with Gasteiger partial charge in [-0.3, -0.25) is 9.69 Å². The van der Waals surface area contributed by atoms with Crippen LogP contribution in [-0.4, -0.2) is 54.5 Å². The highest BCUT2D eigenvalue weighted by atomic mass is 35.5. The van der Waals surface area contributed by atoms with Crippen LogP contribution >= 0.6 is 12.4 Å². The van der Waals surface area contributed by atoms with Gasteiger partial charge in [0.25, 0.3) is 0 Å². The Morgan fingerprint density at radius 2 is 2.13 bits per heavy atom. The number of halogens is 1. The SMILES string of the molecule is Cl.N[C@H]1CCN(CCN2CCCC2=O)C1. The van der Waals surface area contributed by atoms with E-state index in [2.05, 4.69) is 4.90 Å². The molecule has 1 atom stereocenters. The molecule has 0 aliphatic carbocycles. The molecule has 4 nitrogen and oxygen atoms in total. The predicted octanol–water partition coefficient (Wildman–Crippen LogP) is 0.0636. The van der Waals surface area contributed by atoms with Crippen LogP contribution in [0.3, 0.4) is 0 Å². The molecule has 15 heavy (non-hydrogen) atoms. The molecule has 0 aromatic heterocycles. The van der Waals surface area contributed by atoms with Crippen LogP contribution in [0.2, 0.25) is 0 Å². The summed E-state index contributed by atoms with van der Waals surface area (Å²) in [5.74, 6) is 0.327. The lowest BCUT2D eigenvalue weighted by atomic mass is 10.3. The molecule has 0 aromatic rings. The van der Waals surface area contributed by atoms with Crippen LogP contribution in [0, 0.1) is 0 Å². The molecule has 5 heteroatoms. The van der Waals surface area contributed by atoms with E-state index in [1.54, 1.807) is 0 Å². The second kappa shape index (κ2) is 5.68. The summed E-state index contributed by atoms with van der Waals surface area (Å²) < 4.78 is 0. The molecule has 0 spiro atoms. The van der Waals surface area contributed by atoms with E-state index >= 15 is 0 Å². The summed E-state index contributed by atoms with van der Waals surface area (Å²) in [6, 6.07) is 0.351. The second-order valence-electron chi connectivity index (χ2n) is 4.33. The molecule has 0 unspecified atom stereocenters. The molecule has 2 rings (SSSR count). The molecule has 2 fully saturated rings. The topological polar surface area (TPSA) is 49.6 Å². The van der Waals surface area contributed by atoms with E-state index in [4.69, 9.17) is 5.73 Å². The number of nitrogens with two attached hydrogens (primary N) is 1. The Morgan fingerprint density at radius 3 is 2.67 bits per heavy atom. The molecule has 0 bridgehead atoms. The van der Waals surface area contributed by atoms with Gasteiger partial charge in [-0.25, -0.2) is 0 Å². The van der Waals surface area contributed by atoms with E-state index in [0.717, 1.165) is 52.0 Å². The lowest BCUT2D eigenvalue weighted by Crippen LogP contribution is -2.35. The molecule has 2 aliphatic heterocycles. The highest BCUT2D eigenvalue weighted by molar-refractivity contribution is 5.85. The van der Waals surface area contributed by atoms with Crippen molar-refractivity contribution in [1.29, 1.82) is 0 Å². The predicted molar refractivity (Wildman–Crippen MR) is 62.1 cm³/mol. The Balaban J connectivity index is 0.00000112. The summed E-state index contributed by atoms with van der Waals surface area (Å²) in [6.45, 7) is 4.95. The van der Waals surface area contributed by atoms with Crippen molar-refractivity contribution in [3.8, 4) is 0 Å². The lowest BCUT2D eigenvalue weighted by Gasteiger charge is -2.20. The van der Waals surface area contributed by atoms with Gasteiger partial charge in [-0.15, -0.1) is 12.4 Å². The number of hydrogen-bond acceptors (Lipinski definition) is 3. The van der Waals surface area contributed by atoms with Gasteiger partial charge in [-0.2, -0.15) is 0 Å². The van der Waals surface area contributed by atoms with Crippen LogP contribution < -0.4 is 5.73 Å². The standard InChI is InChI=1S/C10H19N3O.ClH/c11-9-3-5-12(8-9)6-7-13-4-1-2-10(13)14;/h9H,1-8,11H2;1H/t9-;/m0./s1. The molecule has 0 saturated carbocycles. The van der Waals surface area contributed by atoms with Crippen molar-refractivity contribution in [3.05, 3.63) is 0 Å². The molecule has 88 valence electrons. The summed E-state index contributed by atoms with van der Waals surface area (Å²) in [5.41, 5.74) is 5.81. The minimum atomic E-state index is 0. The third kappa shape index (κ3) is 3.33. The van der Waals surface area contributed by atoms with Gasteiger partial charge in [0, 0.05) is 38.6 Å². The molecule has 2 saturated heterocycles. The zero-order valence-electron chi connectivity index (χ0n) is 9.02. The van der Waals surface area contributed by atoms with Gasteiger partial charge in [0.15, 0.2) is 0 Å². The number of amides is 1. The zero-order valence-corrected chi connectivity index (χ0v) is 9.84. The summed E-state index contributed by atoms with van der Waals surface area (Å²) in [7, 11) is 0. The molecule has 2 N–H and O–H groups in total.